The Morgan fingerprint density at radius 2 is 1.92 bits per heavy atom. The minimum atomic E-state index is -1.72. The molecule has 2 aliphatic rings. The molecular weight excluding hydrogens is 324 g/mol. The summed E-state index contributed by atoms with van der Waals surface area (Å²) in [5.41, 5.74) is 1.07. The zero-order valence-electron chi connectivity index (χ0n) is 15.0. The average molecular weight is 350 g/mol. The van der Waals surface area contributed by atoms with E-state index in [9.17, 15) is 14.7 Å². The minimum Gasteiger partial charge on any atom is -0.463 e. The van der Waals surface area contributed by atoms with Crippen LogP contribution in [0.1, 0.15) is 44.4 Å². The van der Waals surface area contributed by atoms with E-state index < -0.39 is 19.7 Å². The van der Waals surface area contributed by atoms with Gasteiger partial charge >= 0.3 is 6.09 Å². The Bertz CT molecular complexity index is 714. The number of fused-ring (bicyclic) bond motifs is 1. The van der Waals surface area contributed by atoms with E-state index in [1.807, 2.05) is 13.8 Å². The molecule has 132 valence electrons. The molecule has 2 heterocycles. The van der Waals surface area contributed by atoms with Gasteiger partial charge in [0.05, 0.1) is 19.3 Å². The number of anilines is 1. The molecule has 1 aliphatic heterocycles. The van der Waals surface area contributed by atoms with E-state index in [1.165, 1.54) is 0 Å². The summed E-state index contributed by atoms with van der Waals surface area (Å²) in [7, 11) is -1.72. The number of amides is 1. The van der Waals surface area contributed by atoms with Crippen molar-refractivity contribution in [2.24, 2.45) is 0 Å². The van der Waals surface area contributed by atoms with E-state index in [0.717, 1.165) is 29.5 Å². The number of aromatic nitrogens is 2. The molecule has 0 radical (unpaired) electrons. The van der Waals surface area contributed by atoms with E-state index in [2.05, 4.69) is 35.4 Å². The molecule has 7 nitrogen and oxygen atoms in total. The van der Waals surface area contributed by atoms with Gasteiger partial charge in [0.25, 0.3) is 0 Å². The first kappa shape index (κ1) is 17.2. The number of carbonyl (C=O) groups is 2. The van der Waals surface area contributed by atoms with Crippen LogP contribution in [0.25, 0.3) is 0 Å². The lowest BCUT2D eigenvalue weighted by Crippen LogP contribution is -2.52. The van der Waals surface area contributed by atoms with Gasteiger partial charge in [-0.15, -0.1) is 4.68 Å². The first-order valence-electron chi connectivity index (χ1n) is 8.42. The fourth-order valence-electron chi connectivity index (χ4n) is 3.86. The molecule has 1 aliphatic carbocycles. The number of hydrogen-bond donors (Lipinski definition) is 3. The molecular formula is C16H26N4O3Si. The monoisotopic (exact) mass is 350 g/mol. The van der Waals surface area contributed by atoms with Crippen LogP contribution in [-0.2, 0) is 16.9 Å². The second-order valence-electron chi connectivity index (χ2n) is 8.49. The molecule has 1 saturated carbocycles. The normalized spacial score (nSPS) is 21.0. The number of rotatable bonds is 3. The van der Waals surface area contributed by atoms with Gasteiger partial charge in [-0.05, 0) is 26.7 Å². The van der Waals surface area contributed by atoms with E-state index in [0.29, 0.717) is 18.1 Å². The number of nitrogens with zero attached hydrogens (tertiary/aromatic N) is 2. The van der Waals surface area contributed by atoms with Crippen LogP contribution in [-0.4, -0.2) is 35.0 Å². The Morgan fingerprint density at radius 1 is 1.29 bits per heavy atom. The molecule has 0 atom stereocenters. The van der Waals surface area contributed by atoms with Crippen molar-refractivity contribution >= 4 is 25.9 Å². The maximum absolute atomic E-state index is 13.1. The van der Waals surface area contributed by atoms with Gasteiger partial charge < -0.3 is 15.7 Å². The molecule has 1 aromatic heterocycles. The number of carbonyl (C=O) groups excluding carboxylic acids is 1. The summed E-state index contributed by atoms with van der Waals surface area (Å²) in [6.45, 7) is 11.0. The van der Waals surface area contributed by atoms with Crippen molar-refractivity contribution in [1.29, 1.82) is 0 Å². The summed E-state index contributed by atoms with van der Waals surface area (Å²) >= 11 is 0. The van der Waals surface area contributed by atoms with E-state index in [1.54, 1.807) is 0 Å². The fourth-order valence-corrected chi connectivity index (χ4v) is 6.45. The second-order valence-corrected chi connectivity index (χ2v) is 13.9. The summed E-state index contributed by atoms with van der Waals surface area (Å²) in [5, 5.41) is 19.6. The summed E-state index contributed by atoms with van der Waals surface area (Å²) in [4.78, 5) is 24.7. The molecule has 3 rings (SSSR count). The van der Waals surface area contributed by atoms with Gasteiger partial charge in [0, 0.05) is 17.1 Å². The van der Waals surface area contributed by atoms with Crippen molar-refractivity contribution in [1.82, 2.24) is 15.1 Å². The summed E-state index contributed by atoms with van der Waals surface area (Å²) in [5.74, 6) is 0.271. The van der Waals surface area contributed by atoms with Crippen LogP contribution >= 0.6 is 0 Å². The number of hydrogen-bond acceptors (Lipinski definition) is 4. The lowest BCUT2D eigenvalue weighted by atomic mass is 9.83. The maximum Gasteiger partial charge on any atom is 0.434 e. The third-order valence-corrected chi connectivity index (χ3v) is 9.37. The van der Waals surface area contributed by atoms with Gasteiger partial charge in [-0.25, -0.2) is 4.79 Å². The molecule has 3 N–H and O–H groups in total. The Hall–Kier alpha value is -1.67. The molecule has 1 aromatic rings. The van der Waals surface area contributed by atoms with Crippen LogP contribution in [0, 0.1) is 0 Å². The quantitative estimate of drug-likeness (QED) is 0.728. The summed E-state index contributed by atoms with van der Waals surface area (Å²) in [6.07, 6.45) is 1.66. The van der Waals surface area contributed by atoms with Gasteiger partial charge in [0.15, 0.2) is 0 Å². The Kier molecular flexibility index (Phi) is 3.69. The minimum absolute atomic E-state index is 0.0391. The molecule has 24 heavy (non-hydrogen) atoms. The van der Waals surface area contributed by atoms with Crippen LogP contribution < -0.4 is 10.6 Å². The highest BCUT2D eigenvalue weighted by Gasteiger charge is 2.54. The predicted molar refractivity (Wildman–Crippen MR) is 94.0 cm³/mol. The standard InChI is InChI=1S/C16H26N4O3Si/c1-15(2)11-10(9-17-15)12(20(19-11)14(22)23)18-13(21)16(7-6-8-16)24(3,4)5/h17H,6-9H2,1-5H3,(H,18,21)(H,22,23). The maximum atomic E-state index is 13.1. The van der Waals surface area contributed by atoms with Crippen LogP contribution in [0.4, 0.5) is 10.6 Å². The van der Waals surface area contributed by atoms with Crippen LogP contribution in [0.15, 0.2) is 0 Å². The fraction of sp³-hybridized carbons (Fsp3) is 0.688. The topological polar surface area (TPSA) is 96.2 Å². The van der Waals surface area contributed by atoms with Crippen molar-refractivity contribution in [3.8, 4) is 0 Å². The average Bonchev–Trinajstić information content (AvgIpc) is 2.85. The SMILES string of the molecule is CC1(C)NCc2c1nn(C(=O)O)c2NC(=O)C1([Si](C)(C)C)CCC1. The predicted octanol–water partition coefficient (Wildman–Crippen LogP) is 2.95. The lowest BCUT2D eigenvalue weighted by molar-refractivity contribution is -0.121. The number of nitrogens with one attached hydrogen (secondary N) is 2. The van der Waals surface area contributed by atoms with Crippen LogP contribution in [0.2, 0.25) is 24.7 Å². The van der Waals surface area contributed by atoms with Gasteiger partial charge in [0.1, 0.15) is 5.82 Å². The number of carboxylic acid groups (broad SMARTS) is 1. The van der Waals surface area contributed by atoms with Crippen molar-refractivity contribution < 1.29 is 14.7 Å². The zero-order chi connectivity index (χ0) is 17.9. The van der Waals surface area contributed by atoms with Crippen molar-refractivity contribution in [3.05, 3.63) is 11.3 Å². The van der Waals surface area contributed by atoms with E-state index in [-0.39, 0.29) is 10.9 Å². The second kappa shape index (κ2) is 5.16. The lowest BCUT2D eigenvalue weighted by Gasteiger charge is -2.48. The third kappa shape index (κ3) is 2.31. The van der Waals surface area contributed by atoms with Gasteiger partial charge in [-0.2, -0.15) is 5.10 Å². The van der Waals surface area contributed by atoms with Crippen LogP contribution in [0.5, 0.6) is 0 Å². The molecule has 1 fully saturated rings. The van der Waals surface area contributed by atoms with Crippen molar-refractivity contribution in [3.63, 3.8) is 0 Å². The van der Waals surface area contributed by atoms with Crippen molar-refractivity contribution in [2.45, 2.75) is 69.9 Å². The summed E-state index contributed by atoms with van der Waals surface area (Å²) < 4.78 is 0.918. The van der Waals surface area contributed by atoms with E-state index >= 15 is 0 Å². The van der Waals surface area contributed by atoms with Gasteiger partial charge in [-0.3, -0.25) is 4.79 Å². The molecule has 0 unspecified atom stereocenters. The molecule has 8 heteroatoms. The Labute approximate surface area is 142 Å². The largest absolute Gasteiger partial charge is 0.463 e. The first-order chi connectivity index (χ1) is 11.0. The highest BCUT2D eigenvalue weighted by molar-refractivity contribution is 6.83. The third-order valence-electron chi connectivity index (χ3n) is 5.77. The molecule has 0 saturated heterocycles. The summed E-state index contributed by atoms with van der Waals surface area (Å²) in [6, 6.07) is 0. The molecule has 1 amide bonds. The van der Waals surface area contributed by atoms with Crippen LogP contribution in [0.3, 0.4) is 0 Å². The molecule has 0 spiro atoms. The smallest absolute Gasteiger partial charge is 0.434 e. The van der Waals surface area contributed by atoms with Gasteiger partial charge in [0.2, 0.25) is 5.91 Å². The Morgan fingerprint density at radius 3 is 2.38 bits per heavy atom. The first-order valence-corrected chi connectivity index (χ1v) is 11.9. The molecule has 0 bridgehead atoms. The van der Waals surface area contributed by atoms with E-state index in [4.69, 9.17) is 0 Å². The molecule has 0 aromatic carbocycles. The van der Waals surface area contributed by atoms with Crippen molar-refractivity contribution in [2.75, 3.05) is 5.32 Å². The highest BCUT2D eigenvalue weighted by atomic mass is 28.3. The Balaban J connectivity index is 1.99. The van der Waals surface area contributed by atoms with Gasteiger partial charge in [-0.1, -0.05) is 26.1 Å². The highest BCUT2D eigenvalue weighted by Crippen LogP contribution is 2.56. The zero-order valence-corrected chi connectivity index (χ0v) is 16.0.